The molecule has 1 aromatic rings. The van der Waals surface area contributed by atoms with Crippen molar-refractivity contribution in [2.24, 2.45) is 5.92 Å². The van der Waals surface area contributed by atoms with Crippen LogP contribution in [-0.2, 0) is 4.79 Å². The molecule has 0 radical (unpaired) electrons. The second kappa shape index (κ2) is 4.77. The van der Waals surface area contributed by atoms with Crippen molar-refractivity contribution in [3.63, 3.8) is 0 Å². The second-order valence-corrected chi connectivity index (χ2v) is 3.40. The van der Waals surface area contributed by atoms with Crippen LogP contribution in [-0.4, -0.2) is 16.2 Å². The first-order valence-electron chi connectivity index (χ1n) is 4.57. The van der Waals surface area contributed by atoms with Gasteiger partial charge in [-0.3, -0.25) is 4.79 Å². The highest BCUT2D eigenvalue weighted by Gasteiger charge is 2.17. The fourth-order valence-electron chi connectivity index (χ4n) is 1.25. The van der Waals surface area contributed by atoms with Crippen molar-refractivity contribution < 1.29 is 15.0 Å². The topological polar surface area (TPSA) is 57.5 Å². The maximum Gasteiger partial charge on any atom is 0.306 e. The van der Waals surface area contributed by atoms with Crippen molar-refractivity contribution in [2.75, 3.05) is 0 Å². The molecule has 0 aliphatic carbocycles. The molecule has 2 N–H and O–H groups in total. The fourth-order valence-corrected chi connectivity index (χ4v) is 1.25. The molecule has 1 aromatic carbocycles. The van der Waals surface area contributed by atoms with Gasteiger partial charge in [-0.15, -0.1) is 0 Å². The van der Waals surface area contributed by atoms with Crippen molar-refractivity contribution in [2.45, 2.75) is 19.4 Å². The molecule has 0 saturated carbocycles. The zero-order chi connectivity index (χ0) is 10.6. The molecule has 3 nitrogen and oxygen atoms in total. The Labute approximate surface area is 83.0 Å². The Morgan fingerprint density at radius 1 is 1.36 bits per heavy atom. The van der Waals surface area contributed by atoms with E-state index in [1.54, 1.807) is 19.1 Å². The predicted octanol–water partition coefficient (Wildman–Crippen LogP) is 1.83. The summed E-state index contributed by atoms with van der Waals surface area (Å²) in [5.41, 5.74) is 0.764. The third-order valence-electron chi connectivity index (χ3n) is 2.18. The second-order valence-electron chi connectivity index (χ2n) is 3.40. The van der Waals surface area contributed by atoms with E-state index in [1.807, 2.05) is 18.2 Å². The van der Waals surface area contributed by atoms with Crippen molar-refractivity contribution >= 4 is 5.97 Å². The van der Waals surface area contributed by atoms with Gasteiger partial charge in [-0.05, 0) is 12.0 Å². The molecule has 0 saturated heterocycles. The maximum atomic E-state index is 10.6. The minimum Gasteiger partial charge on any atom is -0.481 e. The van der Waals surface area contributed by atoms with E-state index in [9.17, 15) is 9.90 Å². The van der Waals surface area contributed by atoms with Crippen LogP contribution >= 0.6 is 0 Å². The summed E-state index contributed by atoms with van der Waals surface area (Å²) in [5.74, 6) is -1.40. The van der Waals surface area contributed by atoms with Crippen molar-refractivity contribution in [3.8, 4) is 0 Å². The summed E-state index contributed by atoms with van der Waals surface area (Å²) in [6, 6.07) is 9.09. The largest absolute Gasteiger partial charge is 0.481 e. The summed E-state index contributed by atoms with van der Waals surface area (Å²) in [6.07, 6.45) is -0.443. The van der Waals surface area contributed by atoms with Crippen LogP contribution in [0.25, 0.3) is 0 Å². The average molecular weight is 194 g/mol. The summed E-state index contributed by atoms with van der Waals surface area (Å²) < 4.78 is 0. The van der Waals surface area contributed by atoms with Crippen LogP contribution in [0.2, 0.25) is 0 Å². The van der Waals surface area contributed by atoms with Crippen molar-refractivity contribution in [3.05, 3.63) is 35.9 Å². The lowest BCUT2D eigenvalue weighted by molar-refractivity contribution is -0.142. The van der Waals surface area contributed by atoms with E-state index < -0.39 is 18.0 Å². The van der Waals surface area contributed by atoms with Gasteiger partial charge in [0.2, 0.25) is 0 Å². The summed E-state index contributed by atoms with van der Waals surface area (Å²) in [6.45, 7) is 1.59. The zero-order valence-electron chi connectivity index (χ0n) is 8.05. The molecular weight excluding hydrogens is 180 g/mol. The molecule has 0 heterocycles. The number of hydrogen-bond acceptors (Lipinski definition) is 2. The van der Waals surface area contributed by atoms with Crippen LogP contribution in [0.15, 0.2) is 30.3 Å². The smallest absolute Gasteiger partial charge is 0.306 e. The molecule has 0 amide bonds. The Morgan fingerprint density at radius 3 is 2.43 bits per heavy atom. The van der Waals surface area contributed by atoms with Gasteiger partial charge in [0, 0.05) is 0 Å². The molecule has 3 heteroatoms. The first-order chi connectivity index (χ1) is 6.61. The molecule has 0 spiro atoms. The molecular formula is C11H14O3. The van der Waals surface area contributed by atoms with E-state index in [1.165, 1.54) is 0 Å². The minimum absolute atomic E-state index is 0.249. The lowest BCUT2D eigenvalue weighted by Gasteiger charge is -2.13. The number of carboxylic acids is 1. The third kappa shape index (κ3) is 2.85. The Balaban J connectivity index is 2.59. The number of carbonyl (C=O) groups is 1. The van der Waals surface area contributed by atoms with Gasteiger partial charge in [0.15, 0.2) is 0 Å². The highest BCUT2D eigenvalue weighted by molar-refractivity contribution is 5.69. The van der Waals surface area contributed by atoms with Gasteiger partial charge in [0.25, 0.3) is 0 Å². The van der Waals surface area contributed by atoms with Gasteiger partial charge in [-0.2, -0.15) is 0 Å². The maximum absolute atomic E-state index is 10.6. The van der Waals surface area contributed by atoms with E-state index in [0.29, 0.717) is 0 Å². The van der Waals surface area contributed by atoms with Gasteiger partial charge in [-0.25, -0.2) is 0 Å². The molecule has 2 unspecified atom stereocenters. The lowest BCUT2D eigenvalue weighted by atomic mass is 9.98. The SMILES string of the molecule is CC(CC(O)c1ccccc1)C(=O)O. The molecule has 0 bridgehead atoms. The molecule has 14 heavy (non-hydrogen) atoms. The van der Waals surface area contributed by atoms with Crippen LogP contribution in [0.3, 0.4) is 0 Å². The third-order valence-corrected chi connectivity index (χ3v) is 2.18. The number of aliphatic carboxylic acids is 1. The van der Waals surface area contributed by atoms with Gasteiger partial charge < -0.3 is 10.2 Å². The monoisotopic (exact) mass is 194 g/mol. The zero-order valence-corrected chi connectivity index (χ0v) is 8.05. The number of benzene rings is 1. The van der Waals surface area contributed by atoms with Gasteiger partial charge >= 0.3 is 5.97 Å². The van der Waals surface area contributed by atoms with Crippen LogP contribution in [0.5, 0.6) is 0 Å². The standard InChI is InChI=1S/C11H14O3/c1-8(11(13)14)7-10(12)9-5-3-2-4-6-9/h2-6,8,10,12H,7H2,1H3,(H,13,14). The van der Waals surface area contributed by atoms with Gasteiger partial charge in [-0.1, -0.05) is 37.3 Å². The van der Waals surface area contributed by atoms with E-state index in [-0.39, 0.29) is 6.42 Å². The van der Waals surface area contributed by atoms with Crippen LogP contribution in [0.1, 0.15) is 25.0 Å². The average Bonchev–Trinajstić information content (AvgIpc) is 2.19. The van der Waals surface area contributed by atoms with Crippen molar-refractivity contribution in [1.29, 1.82) is 0 Å². The van der Waals surface area contributed by atoms with E-state index in [0.717, 1.165) is 5.56 Å². The van der Waals surface area contributed by atoms with Crippen LogP contribution in [0.4, 0.5) is 0 Å². The molecule has 0 aromatic heterocycles. The predicted molar refractivity (Wildman–Crippen MR) is 52.8 cm³/mol. The molecule has 0 aliphatic rings. The lowest BCUT2D eigenvalue weighted by Crippen LogP contribution is -2.13. The van der Waals surface area contributed by atoms with Gasteiger partial charge in [0.05, 0.1) is 12.0 Å². The quantitative estimate of drug-likeness (QED) is 0.768. The normalized spacial score (nSPS) is 14.7. The van der Waals surface area contributed by atoms with Crippen LogP contribution < -0.4 is 0 Å². The van der Waals surface area contributed by atoms with E-state index >= 15 is 0 Å². The highest BCUT2D eigenvalue weighted by atomic mass is 16.4. The fraction of sp³-hybridized carbons (Fsp3) is 0.364. The Morgan fingerprint density at radius 2 is 1.93 bits per heavy atom. The number of aliphatic hydroxyl groups is 1. The van der Waals surface area contributed by atoms with E-state index in [4.69, 9.17) is 5.11 Å². The number of hydrogen-bond donors (Lipinski definition) is 2. The molecule has 0 fully saturated rings. The van der Waals surface area contributed by atoms with Gasteiger partial charge in [0.1, 0.15) is 0 Å². The van der Waals surface area contributed by atoms with E-state index in [2.05, 4.69) is 0 Å². The number of rotatable bonds is 4. The molecule has 1 rings (SSSR count). The number of carboxylic acid groups (broad SMARTS) is 1. The summed E-state index contributed by atoms with van der Waals surface area (Å²) >= 11 is 0. The Kier molecular flexibility index (Phi) is 3.65. The first-order valence-corrected chi connectivity index (χ1v) is 4.57. The number of aliphatic hydroxyl groups excluding tert-OH is 1. The highest BCUT2D eigenvalue weighted by Crippen LogP contribution is 2.20. The molecule has 0 aliphatic heterocycles. The Bertz CT molecular complexity index is 295. The minimum atomic E-state index is -0.875. The molecule has 2 atom stereocenters. The summed E-state index contributed by atoms with van der Waals surface area (Å²) in [5, 5.41) is 18.3. The first kappa shape index (κ1) is 10.7. The Hall–Kier alpha value is -1.35. The summed E-state index contributed by atoms with van der Waals surface area (Å²) in [4.78, 5) is 10.6. The van der Waals surface area contributed by atoms with Crippen LogP contribution in [0, 0.1) is 5.92 Å². The summed E-state index contributed by atoms with van der Waals surface area (Å²) in [7, 11) is 0. The van der Waals surface area contributed by atoms with Crippen molar-refractivity contribution in [1.82, 2.24) is 0 Å². The molecule has 76 valence electrons.